The highest BCUT2D eigenvalue weighted by Crippen LogP contribution is 2.22. The predicted octanol–water partition coefficient (Wildman–Crippen LogP) is 3.37. The highest BCUT2D eigenvalue weighted by atomic mass is 35.5. The molecule has 2 nitrogen and oxygen atoms in total. The first-order chi connectivity index (χ1) is 8.24. The summed E-state index contributed by atoms with van der Waals surface area (Å²) in [7, 11) is 2.19. The molecule has 0 radical (unpaired) electrons. The summed E-state index contributed by atoms with van der Waals surface area (Å²) in [5, 5.41) is 3.60. The quantitative estimate of drug-likeness (QED) is 0.884. The second-order valence-electron chi connectivity index (χ2n) is 4.88. The minimum atomic E-state index is 0.734. The fourth-order valence-corrected chi connectivity index (χ4v) is 3.50. The molecule has 0 saturated carbocycles. The first-order valence-electron chi connectivity index (χ1n) is 6.40. The summed E-state index contributed by atoms with van der Waals surface area (Å²) in [4.78, 5) is 3.74. The number of nitrogens with one attached hydrogen (secondary N) is 1. The second-order valence-corrected chi connectivity index (χ2v) is 6.68. The maximum Gasteiger partial charge on any atom is 0.0931 e. The van der Waals surface area contributed by atoms with Gasteiger partial charge in [-0.3, -0.25) is 0 Å². The van der Waals surface area contributed by atoms with E-state index in [1.54, 1.807) is 11.3 Å². The molecule has 1 atom stereocenters. The van der Waals surface area contributed by atoms with Crippen molar-refractivity contribution < 1.29 is 0 Å². The molecule has 0 aliphatic carbocycles. The molecule has 1 aliphatic heterocycles. The van der Waals surface area contributed by atoms with Gasteiger partial charge in [-0.2, -0.15) is 0 Å². The number of hydrogen-bond acceptors (Lipinski definition) is 3. The van der Waals surface area contributed by atoms with Crippen molar-refractivity contribution in [2.24, 2.45) is 0 Å². The molecule has 1 aromatic heterocycles. The van der Waals surface area contributed by atoms with E-state index in [9.17, 15) is 0 Å². The van der Waals surface area contributed by atoms with Crippen molar-refractivity contribution in [3.05, 3.63) is 21.3 Å². The summed E-state index contributed by atoms with van der Waals surface area (Å²) in [5.41, 5.74) is 0. The number of halogens is 1. The van der Waals surface area contributed by atoms with Gasteiger partial charge >= 0.3 is 0 Å². The van der Waals surface area contributed by atoms with Gasteiger partial charge in [0, 0.05) is 17.5 Å². The molecular weight excluding hydrogens is 252 g/mol. The van der Waals surface area contributed by atoms with Crippen molar-refractivity contribution >= 4 is 22.9 Å². The van der Waals surface area contributed by atoms with E-state index in [0.29, 0.717) is 0 Å². The molecule has 2 heterocycles. The van der Waals surface area contributed by atoms with Crippen molar-refractivity contribution in [2.45, 2.75) is 38.3 Å². The van der Waals surface area contributed by atoms with Crippen molar-refractivity contribution in [3.8, 4) is 0 Å². The zero-order valence-corrected chi connectivity index (χ0v) is 12.0. The van der Waals surface area contributed by atoms with Gasteiger partial charge in [-0.05, 0) is 51.5 Å². The maximum absolute atomic E-state index is 5.93. The van der Waals surface area contributed by atoms with Crippen LogP contribution >= 0.6 is 22.9 Å². The van der Waals surface area contributed by atoms with Crippen LogP contribution in [-0.2, 0) is 6.54 Å². The molecular formula is C13H21ClN2S. The first kappa shape index (κ1) is 13.3. The van der Waals surface area contributed by atoms with E-state index in [0.717, 1.165) is 23.5 Å². The standard InChI is InChI=1S/C13H21ClN2S/c1-16(10-12-5-6-13(14)17-12)9-7-11-4-2-3-8-15-11/h5-6,11,15H,2-4,7-10H2,1H3. The van der Waals surface area contributed by atoms with Gasteiger partial charge in [-0.1, -0.05) is 18.0 Å². The SMILES string of the molecule is CN(CCC1CCCCN1)Cc1ccc(Cl)s1. The lowest BCUT2D eigenvalue weighted by molar-refractivity contribution is 0.283. The number of hydrogen-bond donors (Lipinski definition) is 1. The number of thiophene rings is 1. The van der Waals surface area contributed by atoms with Crippen LogP contribution in [0.2, 0.25) is 4.34 Å². The van der Waals surface area contributed by atoms with Gasteiger partial charge in [-0.15, -0.1) is 11.3 Å². The molecule has 1 N–H and O–H groups in total. The zero-order chi connectivity index (χ0) is 12.1. The van der Waals surface area contributed by atoms with Crippen LogP contribution in [0.1, 0.15) is 30.6 Å². The molecule has 17 heavy (non-hydrogen) atoms. The van der Waals surface area contributed by atoms with Crippen LogP contribution in [-0.4, -0.2) is 31.1 Å². The first-order valence-corrected chi connectivity index (χ1v) is 7.59. The molecule has 4 heteroatoms. The topological polar surface area (TPSA) is 15.3 Å². The number of rotatable bonds is 5. The van der Waals surface area contributed by atoms with Crippen LogP contribution in [0, 0.1) is 0 Å². The van der Waals surface area contributed by atoms with E-state index in [1.807, 2.05) is 6.07 Å². The Hall–Kier alpha value is -0.0900. The Labute approximate surface area is 113 Å². The third-order valence-corrected chi connectivity index (χ3v) is 4.54. The summed E-state index contributed by atoms with van der Waals surface area (Å²) < 4.78 is 0.891. The fourth-order valence-electron chi connectivity index (χ4n) is 2.33. The smallest absolute Gasteiger partial charge is 0.0931 e. The van der Waals surface area contributed by atoms with Crippen LogP contribution in [0.15, 0.2) is 12.1 Å². The normalized spacial score (nSPS) is 21.0. The highest BCUT2D eigenvalue weighted by molar-refractivity contribution is 7.16. The predicted molar refractivity (Wildman–Crippen MR) is 75.9 cm³/mol. The van der Waals surface area contributed by atoms with Gasteiger partial charge in [0.1, 0.15) is 0 Å². The average Bonchev–Trinajstić information content (AvgIpc) is 2.73. The fraction of sp³-hybridized carbons (Fsp3) is 0.692. The minimum absolute atomic E-state index is 0.734. The Morgan fingerprint density at radius 1 is 1.47 bits per heavy atom. The van der Waals surface area contributed by atoms with Crippen molar-refractivity contribution in [1.82, 2.24) is 10.2 Å². The molecule has 1 unspecified atom stereocenters. The zero-order valence-electron chi connectivity index (χ0n) is 10.4. The van der Waals surface area contributed by atoms with E-state index in [2.05, 4.69) is 23.3 Å². The largest absolute Gasteiger partial charge is 0.314 e. The van der Waals surface area contributed by atoms with E-state index >= 15 is 0 Å². The third-order valence-electron chi connectivity index (χ3n) is 3.33. The maximum atomic E-state index is 5.93. The molecule has 0 aromatic carbocycles. The Morgan fingerprint density at radius 2 is 2.35 bits per heavy atom. The van der Waals surface area contributed by atoms with Gasteiger partial charge in [-0.25, -0.2) is 0 Å². The number of nitrogens with zero attached hydrogens (tertiary/aromatic N) is 1. The summed E-state index contributed by atoms with van der Waals surface area (Å²) in [5.74, 6) is 0. The van der Waals surface area contributed by atoms with Crippen LogP contribution in [0.3, 0.4) is 0 Å². The van der Waals surface area contributed by atoms with E-state index < -0.39 is 0 Å². The van der Waals surface area contributed by atoms with Crippen molar-refractivity contribution in [1.29, 1.82) is 0 Å². The summed E-state index contributed by atoms with van der Waals surface area (Å²) in [6.07, 6.45) is 5.34. The molecule has 1 fully saturated rings. The molecule has 1 aromatic rings. The Kier molecular flexibility index (Phi) is 5.29. The lowest BCUT2D eigenvalue weighted by Gasteiger charge is -2.25. The van der Waals surface area contributed by atoms with Crippen LogP contribution < -0.4 is 5.32 Å². The minimum Gasteiger partial charge on any atom is -0.314 e. The van der Waals surface area contributed by atoms with E-state index in [-0.39, 0.29) is 0 Å². The molecule has 1 aliphatic rings. The molecule has 0 bridgehead atoms. The average molecular weight is 273 g/mol. The third kappa shape index (κ3) is 4.59. The summed E-state index contributed by atoms with van der Waals surface area (Å²) >= 11 is 7.62. The van der Waals surface area contributed by atoms with E-state index in [4.69, 9.17) is 11.6 Å². The van der Waals surface area contributed by atoms with Crippen LogP contribution in [0.4, 0.5) is 0 Å². The van der Waals surface area contributed by atoms with Gasteiger partial charge < -0.3 is 10.2 Å². The van der Waals surface area contributed by atoms with Gasteiger partial charge in [0.15, 0.2) is 0 Å². The van der Waals surface area contributed by atoms with Crippen LogP contribution in [0.5, 0.6) is 0 Å². The van der Waals surface area contributed by atoms with Crippen molar-refractivity contribution in [3.63, 3.8) is 0 Å². The molecule has 0 spiro atoms. The summed E-state index contributed by atoms with van der Waals surface area (Å²) in [6.45, 7) is 3.38. The monoisotopic (exact) mass is 272 g/mol. The summed E-state index contributed by atoms with van der Waals surface area (Å²) in [6, 6.07) is 4.85. The molecule has 0 amide bonds. The molecule has 96 valence electrons. The van der Waals surface area contributed by atoms with Crippen LogP contribution in [0.25, 0.3) is 0 Å². The van der Waals surface area contributed by atoms with Gasteiger partial charge in [0.25, 0.3) is 0 Å². The highest BCUT2D eigenvalue weighted by Gasteiger charge is 2.13. The second kappa shape index (κ2) is 6.74. The number of piperidine rings is 1. The lowest BCUT2D eigenvalue weighted by Crippen LogP contribution is -2.36. The van der Waals surface area contributed by atoms with E-state index in [1.165, 1.54) is 37.1 Å². The Balaban J connectivity index is 1.68. The lowest BCUT2D eigenvalue weighted by atomic mass is 10.0. The molecule has 1 saturated heterocycles. The van der Waals surface area contributed by atoms with Crippen molar-refractivity contribution in [2.75, 3.05) is 20.1 Å². The van der Waals surface area contributed by atoms with Gasteiger partial charge in [0.05, 0.1) is 4.34 Å². The molecule has 2 rings (SSSR count). The Bertz CT molecular complexity index is 334. The Morgan fingerprint density at radius 3 is 3.00 bits per heavy atom. The van der Waals surface area contributed by atoms with Gasteiger partial charge in [0.2, 0.25) is 0 Å².